The average molecular weight is 263 g/mol. The van der Waals surface area contributed by atoms with Crippen molar-refractivity contribution in [3.05, 3.63) is 23.3 Å². The zero-order valence-corrected chi connectivity index (χ0v) is 11.4. The van der Waals surface area contributed by atoms with Crippen LogP contribution in [0.5, 0.6) is 11.5 Å². The van der Waals surface area contributed by atoms with Crippen LogP contribution < -0.4 is 9.47 Å². The van der Waals surface area contributed by atoms with Gasteiger partial charge < -0.3 is 14.2 Å². The lowest BCUT2D eigenvalue weighted by Crippen LogP contribution is -2.11. The first-order valence-corrected chi connectivity index (χ1v) is 6.04. The lowest BCUT2D eigenvalue weighted by molar-refractivity contribution is 0.183. The number of isocyanates is 1. The van der Waals surface area contributed by atoms with Crippen molar-refractivity contribution in [2.45, 2.75) is 25.0 Å². The molecular formula is C14H17NO4. The van der Waals surface area contributed by atoms with E-state index >= 15 is 0 Å². The van der Waals surface area contributed by atoms with Gasteiger partial charge in [0.25, 0.3) is 0 Å². The Kier molecular flexibility index (Phi) is 3.88. The Balaban J connectivity index is 2.62. The minimum Gasteiger partial charge on any atom is -0.493 e. The quantitative estimate of drug-likeness (QED) is 0.583. The number of benzene rings is 1. The van der Waals surface area contributed by atoms with Gasteiger partial charge in [0.1, 0.15) is 5.54 Å². The van der Waals surface area contributed by atoms with E-state index in [9.17, 15) is 4.79 Å². The summed E-state index contributed by atoms with van der Waals surface area (Å²) in [6.45, 7) is 0.436. The highest BCUT2D eigenvalue weighted by molar-refractivity contribution is 5.57. The normalized spacial score (nSPS) is 15.5. The predicted octanol–water partition coefficient (Wildman–Crippen LogP) is 2.18. The van der Waals surface area contributed by atoms with Crippen molar-refractivity contribution in [3.8, 4) is 11.5 Å². The van der Waals surface area contributed by atoms with Crippen LogP contribution in [-0.4, -0.2) is 27.4 Å². The van der Waals surface area contributed by atoms with E-state index in [1.165, 1.54) is 0 Å². The van der Waals surface area contributed by atoms with Crippen LogP contribution in [0.2, 0.25) is 0 Å². The van der Waals surface area contributed by atoms with Crippen molar-refractivity contribution >= 4 is 6.08 Å². The van der Waals surface area contributed by atoms with E-state index in [1.807, 2.05) is 12.1 Å². The molecule has 0 bridgehead atoms. The minimum absolute atomic E-state index is 0.436. The molecule has 0 heterocycles. The lowest BCUT2D eigenvalue weighted by Gasteiger charge is -2.20. The molecule has 1 saturated carbocycles. The molecule has 0 saturated heterocycles. The molecule has 19 heavy (non-hydrogen) atoms. The number of methoxy groups -OCH3 is 3. The van der Waals surface area contributed by atoms with E-state index in [0.717, 1.165) is 24.0 Å². The SMILES string of the molecule is COCc1ccc(OC)c(OC)c1C1(N=C=O)CC1. The van der Waals surface area contributed by atoms with E-state index in [1.54, 1.807) is 27.4 Å². The Morgan fingerprint density at radius 1 is 1.26 bits per heavy atom. The summed E-state index contributed by atoms with van der Waals surface area (Å²) in [5, 5.41) is 0. The Morgan fingerprint density at radius 3 is 2.47 bits per heavy atom. The molecule has 0 N–H and O–H groups in total. The van der Waals surface area contributed by atoms with E-state index in [4.69, 9.17) is 14.2 Å². The maximum Gasteiger partial charge on any atom is 0.235 e. The van der Waals surface area contributed by atoms with Crippen molar-refractivity contribution in [1.29, 1.82) is 0 Å². The number of nitrogens with zero attached hydrogens (tertiary/aromatic N) is 1. The van der Waals surface area contributed by atoms with Crippen LogP contribution in [0.1, 0.15) is 24.0 Å². The van der Waals surface area contributed by atoms with Crippen molar-refractivity contribution < 1.29 is 19.0 Å². The van der Waals surface area contributed by atoms with Gasteiger partial charge in [-0.3, -0.25) is 0 Å². The van der Waals surface area contributed by atoms with E-state index in [0.29, 0.717) is 18.1 Å². The summed E-state index contributed by atoms with van der Waals surface area (Å²) in [5.41, 5.74) is 1.31. The monoisotopic (exact) mass is 263 g/mol. The molecular weight excluding hydrogens is 246 g/mol. The second-order valence-corrected chi connectivity index (χ2v) is 4.50. The van der Waals surface area contributed by atoms with Crippen molar-refractivity contribution in [3.63, 3.8) is 0 Å². The van der Waals surface area contributed by atoms with E-state index in [2.05, 4.69) is 4.99 Å². The van der Waals surface area contributed by atoms with Gasteiger partial charge >= 0.3 is 0 Å². The molecule has 1 aliphatic rings. The van der Waals surface area contributed by atoms with Gasteiger partial charge in [-0.2, -0.15) is 4.99 Å². The zero-order chi connectivity index (χ0) is 13.9. The predicted molar refractivity (Wildman–Crippen MR) is 69.3 cm³/mol. The third-order valence-electron chi connectivity index (χ3n) is 3.38. The topological polar surface area (TPSA) is 57.1 Å². The minimum atomic E-state index is -0.518. The van der Waals surface area contributed by atoms with Gasteiger partial charge in [0.15, 0.2) is 11.5 Å². The molecule has 1 aromatic rings. The van der Waals surface area contributed by atoms with Crippen LogP contribution >= 0.6 is 0 Å². The highest BCUT2D eigenvalue weighted by Crippen LogP contribution is 2.55. The Morgan fingerprint density at radius 2 is 2.00 bits per heavy atom. The summed E-state index contributed by atoms with van der Waals surface area (Å²) in [6.07, 6.45) is 3.28. The maximum absolute atomic E-state index is 10.7. The van der Waals surface area contributed by atoms with Gasteiger partial charge in [-0.15, -0.1) is 0 Å². The number of hydrogen-bond donors (Lipinski definition) is 0. The van der Waals surface area contributed by atoms with Crippen LogP contribution in [0.15, 0.2) is 17.1 Å². The molecule has 0 unspecified atom stereocenters. The fourth-order valence-electron chi connectivity index (χ4n) is 2.38. The fourth-order valence-corrected chi connectivity index (χ4v) is 2.38. The Hall–Kier alpha value is -1.84. The second-order valence-electron chi connectivity index (χ2n) is 4.50. The first-order valence-electron chi connectivity index (χ1n) is 6.04. The van der Waals surface area contributed by atoms with Crippen LogP contribution in [0, 0.1) is 0 Å². The number of carbonyl (C=O) groups excluding carboxylic acids is 1. The molecule has 2 rings (SSSR count). The molecule has 102 valence electrons. The fraction of sp³-hybridized carbons (Fsp3) is 0.500. The summed E-state index contributed by atoms with van der Waals surface area (Å²) in [7, 11) is 4.79. The van der Waals surface area contributed by atoms with Gasteiger partial charge in [-0.25, -0.2) is 4.79 Å². The zero-order valence-electron chi connectivity index (χ0n) is 11.4. The molecule has 0 aliphatic heterocycles. The van der Waals surface area contributed by atoms with Gasteiger partial charge in [-0.05, 0) is 24.5 Å². The maximum atomic E-state index is 10.7. The first kappa shape index (κ1) is 13.6. The molecule has 0 radical (unpaired) electrons. The third-order valence-corrected chi connectivity index (χ3v) is 3.38. The summed E-state index contributed by atoms with van der Waals surface area (Å²) in [5.74, 6) is 1.25. The highest BCUT2D eigenvalue weighted by Gasteiger charge is 2.49. The molecule has 5 heteroatoms. The summed E-state index contributed by atoms with van der Waals surface area (Å²) >= 11 is 0. The van der Waals surface area contributed by atoms with E-state index in [-0.39, 0.29) is 0 Å². The first-order chi connectivity index (χ1) is 9.22. The Bertz CT molecular complexity index is 516. The van der Waals surface area contributed by atoms with Crippen LogP contribution in [0.4, 0.5) is 0 Å². The molecule has 0 atom stereocenters. The highest BCUT2D eigenvalue weighted by atomic mass is 16.5. The smallest absolute Gasteiger partial charge is 0.235 e. The molecule has 1 aromatic carbocycles. The lowest BCUT2D eigenvalue weighted by atomic mass is 9.97. The van der Waals surface area contributed by atoms with Gasteiger partial charge in [0, 0.05) is 12.7 Å². The van der Waals surface area contributed by atoms with Crippen LogP contribution in [0.25, 0.3) is 0 Å². The number of hydrogen-bond acceptors (Lipinski definition) is 5. The largest absolute Gasteiger partial charge is 0.493 e. The standard InChI is InChI=1S/C14H17NO4/c1-17-8-10-4-5-11(18-2)13(19-3)12(10)14(6-7-14)15-9-16/h4-5H,6-8H2,1-3H3. The molecule has 1 aliphatic carbocycles. The molecule has 0 amide bonds. The van der Waals surface area contributed by atoms with Crippen LogP contribution in [-0.2, 0) is 21.7 Å². The van der Waals surface area contributed by atoms with Gasteiger partial charge in [0.2, 0.25) is 6.08 Å². The summed E-state index contributed by atoms with van der Waals surface area (Å²) in [6, 6.07) is 3.75. The molecule has 0 spiro atoms. The second kappa shape index (κ2) is 5.43. The number of ether oxygens (including phenoxy) is 3. The average Bonchev–Trinajstić information content (AvgIpc) is 3.19. The van der Waals surface area contributed by atoms with Gasteiger partial charge in [0.05, 0.1) is 20.8 Å². The Labute approximate surface area is 112 Å². The third kappa shape index (κ3) is 2.35. The van der Waals surface area contributed by atoms with Crippen molar-refractivity contribution in [1.82, 2.24) is 0 Å². The summed E-state index contributed by atoms with van der Waals surface area (Å²) in [4.78, 5) is 14.6. The van der Waals surface area contributed by atoms with Gasteiger partial charge in [-0.1, -0.05) is 6.07 Å². The number of aliphatic imine (C=N–C) groups is 1. The van der Waals surface area contributed by atoms with Crippen molar-refractivity contribution in [2.75, 3.05) is 21.3 Å². The van der Waals surface area contributed by atoms with Crippen molar-refractivity contribution in [2.24, 2.45) is 4.99 Å². The summed E-state index contributed by atoms with van der Waals surface area (Å²) < 4.78 is 16.0. The van der Waals surface area contributed by atoms with E-state index < -0.39 is 5.54 Å². The molecule has 1 fully saturated rings. The molecule has 0 aromatic heterocycles. The number of rotatable bonds is 6. The van der Waals surface area contributed by atoms with Crippen LogP contribution in [0.3, 0.4) is 0 Å². The molecule has 5 nitrogen and oxygen atoms in total.